The molecule has 0 radical (unpaired) electrons. The van der Waals surface area contributed by atoms with Crippen molar-refractivity contribution in [3.8, 4) is 0 Å². The number of aromatic nitrogens is 1. The summed E-state index contributed by atoms with van der Waals surface area (Å²) in [5.41, 5.74) is 5.93. The van der Waals surface area contributed by atoms with Crippen molar-refractivity contribution in [2.75, 3.05) is 18.1 Å². The number of sulfonamides is 1. The Labute approximate surface area is 113 Å². The Balaban J connectivity index is 2.70. The Hall–Kier alpha value is -1.03. The van der Waals surface area contributed by atoms with E-state index in [9.17, 15) is 16.8 Å². The maximum absolute atomic E-state index is 11.8. The summed E-state index contributed by atoms with van der Waals surface area (Å²) in [6, 6.07) is 2.89. The summed E-state index contributed by atoms with van der Waals surface area (Å²) in [6.07, 6.45) is 1.19. The quantitative estimate of drug-likeness (QED) is 0.684. The van der Waals surface area contributed by atoms with Crippen LogP contribution in [-0.4, -0.2) is 39.9 Å². The molecule has 1 aromatic rings. The molecule has 7 nitrogen and oxygen atoms in total. The Morgan fingerprint density at radius 3 is 2.42 bits per heavy atom. The van der Waals surface area contributed by atoms with Crippen LogP contribution in [0.25, 0.3) is 0 Å². The molecular weight excluding hydrogens is 290 g/mol. The van der Waals surface area contributed by atoms with Crippen LogP contribution in [-0.2, 0) is 26.4 Å². The first kappa shape index (κ1) is 16.0. The highest BCUT2D eigenvalue weighted by molar-refractivity contribution is 7.91. The highest BCUT2D eigenvalue weighted by Gasteiger charge is 2.15. The number of pyridine rings is 1. The van der Waals surface area contributed by atoms with Crippen LogP contribution in [0.15, 0.2) is 23.2 Å². The summed E-state index contributed by atoms with van der Waals surface area (Å²) >= 11 is 0. The maximum Gasteiger partial charge on any atom is 0.242 e. The Morgan fingerprint density at radius 1 is 1.26 bits per heavy atom. The van der Waals surface area contributed by atoms with E-state index in [0.717, 1.165) is 0 Å². The van der Waals surface area contributed by atoms with E-state index in [2.05, 4.69) is 9.71 Å². The first-order valence-corrected chi connectivity index (χ1v) is 8.96. The molecule has 1 rings (SSSR count). The van der Waals surface area contributed by atoms with Crippen LogP contribution in [0.2, 0.25) is 0 Å². The van der Waals surface area contributed by atoms with E-state index < -0.39 is 19.9 Å². The maximum atomic E-state index is 11.8. The number of sulfone groups is 1. The Morgan fingerprint density at radius 2 is 1.95 bits per heavy atom. The molecule has 0 bridgehead atoms. The monoisotopic (exact) mass is 307 g/mol. The van der Waals surface area contributed by atoms with Gasteiger partial charge in [-0.25, -0.2) is 21.6 Å². The van der Waals surface area contributed by atoms with Crippen molar-refractivity contribution in [3.63, 3.8) is 0 Å². The first-order chi connectivity index (χ1) is 8.80. The molecule has 108 valence electrons. The zero-order valence-corrected chi connectivity index (χ0v) is 12.2. The van der Waals surface area contributed by atoms with E-state index in [1.807, 2.05) is 0 Å². The van der Waals surface area contributed by atoms with Crippen LogP contribution in [0, 0.1) is 0 Å². The lowest BCUT2D eigenvalue weighted by Crippen LogP contribution is -2.29. The third kappa shape index (κ3) is 4.86. The summed E-state index contributed by atoms with van der Waals surface area (Å²) in [5, 5.41) is 0. The standard InChI is InChI=1S/C10H17N3O4S2/c1-2-18(14,15)6-5-13-19(16,17)10-4-3-9(7-11)12-8-10/h3-4,8,13H,2,5-7,11H2,1H3. The van der Waals surface area contributed by atoms with Gasteiger partial charge in [-0.05, 0) is 12.1 Å². The third-order valence-electron chi connectivity index (χ3n) is 2.46. The van der Waals surface area contributed by atoms with Gasteiger partial charge in [0.2, 0.25) is 10.0 Å². The van der Waals surface area contributed by atoms with Gasteiger partial charge in [0.1, 0.15) is 4.90 Å². The van der Waals surface area contributed by atoms with Gasteiger partial charge in [0.15, 0.2) is 9.84 Å². The lowest BCUT2D eigenvalue weighted by Gasteiger charge is -2.06. The molecule has 0 unspecified atom stereocenters. The van der Waals surface area contributed by atoms with Gasteiger partial charge in [-0.3, -0.25) is 4.98 Å². The molecule has 0 aromatic carbocycles. The Bertz CT molecular complexity index is 609. The van der Waals surface area contributed by atoms with Crippen LogP contribution in [0.3, 0.4) is 0 Å². The van der Waals surface area contributed by atoms with Crippen molar-refractivity contribution in [2.45, 2.75) is 18.4 Å². The molecule has 9 heteroatoms. The largest absolute Gasteiger partial charge is 0.325 e. The van der Waals surface area contributed by atoms with Gasteiger partial charge in [-0.15, -0.1) is 0 Å². The zero-order chi connectivity index (χ0) is 14.5. The van der Waals surface area contributed by atoms with Gasteiger partial charge < -0.3 is 5.73 Å². The predicted octanol–water partition coefficient (Wildman–Crippen LogP) is -0.747. The molecule has 19 heavy (non-hydrogen) atoms. The third-order valence-corrected chi connectivity index (χ3v) is 5.61. The fourth-order valence-corrected chi connectivity index (χ4v) is 3.06. The SMILES string of the molecule is CCS(=O)(=O)CCNS(=O)(=O)c1ccc(CN)nc1. The van der Waals surface area contributed by atoms with Crippen molar-refractivity contribution in [1.82, 2.24) is 9.71 Å². The van der Waals surface area contributed by atoms with Crippen molar-refractivity contribution < 1.29 is 16.8 Å². The molecule has 0 amide bonds. The number of rotatable bonds is 7. The second kappa shape index (κ2) is 6.42. The van der Waals surface area contributed by atoms with Crippen molar-refractivity contribution >= 4 is 19.9 Å². The highest BCUT2D eigenvalue weighted by Crippen LogP contribution is 2.07. The summed E-state index contributed by atoms with van der Waals surface area (Å²) in [4.78, 5) is 3.86. The molecule has 0 atom stereocenters. The molecule has 0 spiro atoms. The second-order valence-corrected chi connectivity index (χ2v) is 8.06. The molecule has 0 aliphatic carbocycles. The van der Waals surface area contributed by atoms with Crippen molar-refractivity contribution in [2.24, 2.45) is 5.73 Å². The summed E-state index contributed by atoms with van der Waals surface area (Å²) in [7, 11) is -6.93. The molecule has 0 aliphatic heterocycles. The van der Waals surface area contributed by atoms with Gasteiger partial charge in [0.05, 0.1) is 11.4 Å². The molecular formula is C10H17N3O4S2. The van der Waals surface area contributed by atoms with E-state index >= 15 is 0 Å². The van der Waals surface area contributed by atoms with Gasteiger partial charge in [0.25, 0.3) is 0 Å². The number of hydrogen-bond donors (Lipinski definition) is 2. The normalized spacial score (nSPS) is 12.5. The van der Waals surface area contributed by atoms with E-state index in [1.165, 1.54) is 25.3 Å². The molecule has 1 aromatic heterocycles. The fraction of sp³-hybridized carbons (Fsp3) is 0.500. The number of nitrogens with zero attached hydrogens (tertiary/aromatic N) is 1. The Kier molecular flexibility index (Phi) is 5.41. The van der Waals surface area contributed by atoms with Crippen LogP contribution in [0.5, 0.6) is 0 Å². The highest BCUT2D eigenvalue weighted by atomic mass is 32.2. The number of nitrogens with one attached hydrogen (secondary N) is 1. The van der Waals surface area contributed by atoms with Gasteiger partial charge in [-0.2, -0.15) is 0 Å². The van der Waals surface area contributed by atoms with E-state index in [0.29, 0.717) is 5.69 Å². The van der Waals surface area contributed by atoms with Gasteiger partial charge >= 0.3 is 0 Å². The van der Waals surface area contributed by atoms with Gasteiger partial charge in [-0.1, -0.05) is 6.92 Å². The fourth-order valence-electron chi connectivity index (χ4n) is 1.25. The molecule has 0 saturated heterocycles. The minimum atomic E-state index is -3.73. The lowest BCUT2D eigenvalue weighted by atomic mass is 10.4. The van der Waals surface area contributed by atoms with Crippen molar-refractivity contribution in [3.05, 3.63) is 24.0 Å². The average Bonchev–Trinajstić information content (AvgIpc) is 2.38. The molecule has 0 saturated carbocycles. The second-order valence-electron chi connectivity index (χ2n) is 3.82. The zero-order valence-electron chi connectivity index (χ0n) is 10.5. The molecule has 1 heterocycles. The van der Waals surface area contributed by atoms with Crippen LogP contribution in [0.1, 0.15) is 12.6 Å². The van der Waals surface area contributed by atoms with E-state index in [1.54, 1.807) is 0 Å². The summed E-state index contributed by atoms with van der Waals surface area (Å²) < 4.78 is 48.4. The lowest BCUT2D eigenvalue weighted by molar-refractivity contribution is 0.580. The topological polar surface area (TPSA) is 119 Å². The van der Waals surface area contributed by atoms with Crippen LogP contribution in [0.4, 0.5) is 0 Å². The minimum absolute atomic E-state index is 0.0124. The van der Waals surface area contributed by atoms with Gasteiger partial charge in [0, 0.05) is 25.0 Å². The minimum Gasteiger partial charge on any atom is -0.325 e. The smallest absolute Gasteiger partial charge is 0.242 e. The molecule has 3 N–H and O–H groups in total. The average molecular weight is 307 g/mol. The van der Waals surface area contributed by atoms with Crippen LogP contribution < -0.4 is 10.5 Å². The first-order valence-electron chi connectivity index (χ1n) is 5.66. The molecule has 0 aliphatic rings. The molecule has 0 fully saturated rings. The predicted molar refractivity (Wildman–Crippen MR) is 71.6 cm³/mol. The van der Waals surface area contributed by atoms with E-state index in [-0.39, 0.29) is 29.5 Å². The summed E-state index contributed by atoms with van der Waals surface area (Å²) in [5.74, 6) is -0.238. The van der Waals surface area contributed by atoms with Crippen molar-refractivity contribution in [1.29, 1.82) is 0 Å². The van der Waals surface area contributed by atoms with Crippen LogP contribution >= 0.6 is 0 Å². The number of nitrogens with two attached hydrogens (primary N) is 1. The summed E-state index contributed by atoms with van der Waals surface area (Å²) in [6.45, 7) is 1.58. The number of hydrogen-bond acceptors (Lipinski definition) is 6. The van der Waals surface area contributed by atoms with E-state index in [4.69, 9.17) is 5.73 Å².